The van der Waals surface area contributed by atoms with Crippen molar-refractivity contribution < 1.29 is 40.1 Å². The molecule has 0 N–H and O–H groups in total. The zero-order valence-corrected chi connectivity index (χ0v) is 18.2. The van der Waals surface area contributed by atoms with Gasteiger partial charge in [-0.2, -0.15) is 21.6 Å². The van der Waals surface area contributed by atoms with Crippen LogP contribution in [0.1, 0.15) is 49.4 Å². The molecule has 2 aromatic carbocycles. The number of carbonyl (C=O) groups excluding carboxylic acids is 2. The van der Waals surface area contributed by atoms with E-state index in [0.29, 0.717) is 17.4 Å². The predicted molar refractivity (Wildman–Crippen MR) is 115 cm³/mol. The van der Waals surface area contributed by atoms with E-state index < -0.39 is 33.1 Å². The fourth-order valence-corrected chi connectivity index (χ4v) is 4.69. The maximum Gasteiger partial charge on any atom is 0.534 e. The number of pyridine rings is 1. The van der Waals surface area contributed by atoms with Gasteiger partial charge < -0.3 is 8.92 Å². The third kappa shape index (κ3) is 3.11. The summed E-state index contributed by atoms with van der Waals surface area (Å²) in [5.41, 5.74) is -5.40. The molecule has 2 aliphatic carbocycles. The molecule has 1 aromatic heterocycles. The van der Waals surface area contributed by atoms with Crippen LogP contribution >= 0.6 is 0 Å². The topological polar surface area (TPSA) is 99.6 Å². The van der Waals surface area contributed by atoms with Crippen LogP contribution in [0.2, 0.25) is 0 Å². The van der Waals surface area contributed by atoms with Crippen molar-refractivity contribution in [1.82, 2.24) is 4.98 Å². The van der Waals surface area contributed by atoms with Crippen LogP contribution in [-0.2, 0) is 16.5 Å². The minimum atomic E-state index is -6.02. The van der Waals surface area contributed by atoms with Crippen LogP contribution in [0.15, 0.2) is 36.4 Å². The lowest BCUT2D eigenvalue weighted by Gasteiger charge is -2.24. The second kappa shape index (κ2) is 7.39. The number of ether oxygens (including phenoxy) is 1. The second-order valence-corrected chi connectivity index (χ2v) is 9.20. The molecule has 174 valence electrons. The van der Waals surface area contributed by atoms with E-state index in [1.165, 1.54) is 25.3 Å². The zero-order chi connectivity index (χ0) is 24.4. The number of hydrogen-bond donors (Lipinski definition) is 0. The fraction of sp³-hybridized carbons (Fsp3) is 0.174. The molecule has 0 fully saturated rings. The second-order valence-electron chi connectivity index (χ2n) is 7.66. The van der Waals surface area contributed by atoms with Gasteiger partial charge in [-0.25, -0.2) is 4.98 Å². The first-order valence-corrected chi connectivity index (χ1v) is 11.4. The summed E-state index contributed by atoms with van der Waals surface area (Å²) in [6, 6.07) is 7.57. The van der Waals surface area contributed by atoms with Gasteiger partial charge in [0.05, 0.1) is 23.8 Å². The third-order valence-corrected chi connectivity index (χ3v) is 6.70. The van der Waals surface area contributed by atoms with Gasteiger partial charge in [0.15, 0.2) is 11.6 Å². The maximum absolute atomic E-state index is 13.5. The summed E-state index contributed by atoms with van der Waals surface area (Å²) >= 11 is 0. The lowest BCUT2D eigenvalue weighted by molar-refractivity contribution is -0.0501. The number of hydrogen-bond acceptors (Lipinski definition) is 7. The number of nitrogens with zero attached hydrogens (tertiary/aromatic N) is 1. The van der Waals surface area contributed by atoms with Gasteiger partial charge in [0, 0.05) is 22.1 Å². The molecule has 0 aliphatic heterocycles. The Morgan fingerprint density at radius 1 is 1.03 bits per heavy atom. The van der Waals surface area contributed by atoms with Crippen molar-refractivity contribution in [3.63, 3.8) is 0 Å². The zero-order valence-electron chi connectivity index (χ0n) is 17.4. The molecule has 7 nitrogen and oxygen atoms in total. The maximum atomic E-state index is 13.5. The molecule has 11 heteroatoms. The van der Waals surface area contributed by atoms with E-state index >= 15 is 0 Å². The largest absolute Gasteiger partial charge is 0.534 e. The van der Waals surface area contributed by atoms with Crippen molar-refractivity contribution in [2.75, 3.05) is 7.11 Å². The van der Waals surface area contributed by atoms with Crippen LogP contribution in [-0.4, -0.2) is 37.6 Å². The van der Waals surface area contributed by atoms with Gasteiger partial charge in [0.1, 0.15) is 5.75 Å². The van der Waals surface area contributed by atoms with Crippen molar-refractivity contribution in [2.24, 2.45) is 0 Å². The Bertz CT molecular complexity index is 1560. The Morgan fingerprint density at radius 3 is 2.29 bits per heavy atom. The SMILES string of the molecule is COc1cc2c3c(c(OS(=O)(=O)C(F)(F)F)nc2c2c1C(=O)c1ccccc1C2=O)CCC=C3. The van der Waals surface area contributed by atoms with Gasteiger partial charge in [-0.1, -0.05) is 36.4 Å². The lowest BCUT2D eigenvalue weighted by Crippen LogP contribution is -2.29. The Morgan fingerprint density at radius 2 is 1.68 bits per heavy atom. The molecule has 0 radical (unpaired) electrons. The monoisotopic (exact) mass is 489 g/mol. The smallest absolute Gasteiger partial charge is 0.496 e. The van der Waals surface area contributed by atoms with Crippen molar-refractivity contribution in [3.8, 4) is 11.6 Å². The highest BCUT2D eigenvalue weighted by atomic mass is 32.2. The van der Waals surface area contributed by atoms with E-state index in [4.69, 9.17) is 4.74 Å². The van der Waals surface area contributed by atoms with Crippen LogP contribution in [0.25, 0.3) is 17.0 Å². The number of alkyl halides is 3. The molecule has 34 heavy (non-hydrogen) atoms. The first-order valence-electron chi connectivity index (χ1n) is 9.98. The molecule has 0 spiro atoms. The van der Waals surface area contributed by atoms with Gasteiger partial charge in [-0.15, -0.1) is 0 Å². The summed E-state index contributed by atoms with van der Waals surface area (Å²) in [5.74, 6) is -1.80. The minimum Gasteiger partial charge on any atom is -0.496 e. The highest BCUT2D eigenvalue weighted by Crippen LogP contribution is 2.43. The van der Waals surface area contributed by atoms with Crippen LogP contribution < -0.4 is 8.92 Å². The molecule has 0 saturated heterocycles. The Labute approximate surface area is 190 Å². The van der Waals surface area contributed by atoms with Gasteiger partial charge in [0.2, 0.25) is 5.88 Å². The molecule has 0 amide bonds. The van der Waals surface area contributed by atoms with E-state index in [0.717, 1.165) is 0 Å². The van der Waals surface area contributed by atoms with Gasteiger partial charge in [-0.05, 0) is 24.5 Å². The van der Waals surface area contributed by atoms with Gasteiger partial charge >= 0.3 is 15.6 Å². The molecule has 0 bridgehead atoms. The number of carbonyl (C=O) groups is 2. The van der Waals surface area contributed by atoms with E-state index in [9.17, 15) is 31.2 Å². The van der Waals surface area contributed by atoms with Crippen LogP contribution in [0, 0.1) is 0 Å². The van der Waals surface area contributed by atoms with Crippen molar-refractivity contribution in [1.29, 1.82) is 0 Å². The molecule has 2 aliphatic rings. The Kier molecular flexibility index (Phi) is 4.80. The normalized spacial score (nSPS) is 15.1. The summed E-state index contributed by atoms with van der Waals surface area (Å²) in [6.45, 7) is 0. The molecular formula is C23H14F3NO6S. The average Bonchev–Trinajstić information content (AvgIpc) is 2.80. The first kappa shape index (κ1) is 22.1. The molecule has 1 heterocycles. The van der Waals surface area contributed by atoms with E-state index in [2.05, 4.69) is 9.17 Å². The van der Waals surface area contributed by atoms with Gasteiger partial charge in [-0.3, -0.25) is 9.59 Å². The van der Waals surface area contributed by atoms with Crippen LogP contribution in [0.3, 0.4) is 0 Å². The summed E-state index contributed by atoms with van der Waals surface area (Å²) in [4.78, 5) is 30.8. The van der Waals surface area contributed by atoms with Crippen LogP contribution in [0.4, 0.5) is 13.2 Å². The highest BCUT2D eigenvalue weighted by molar-refractivity contribution is 7.88. The number of ketones is 2. The number of rotatable bonds is 3. The lowest BCUT2D eigenvalue weighted by atomic mass is 9.81. The summed E-state index contributed by atoms with van der Waals surface area (Å²) in [5, 5.41) is 0.318. The standard InChI is InChI=1S/C23H14F3NO6S/c1-32-16-10-15-11-6-2-5-9-14(11)22(33-34(30,31)23(24,25)26)27-19(15)18-17(16)20(28)12-7-3-4-8-13(12)21(18)29/h2-4,6-8,10H,5,9H2,1H3. The average molecular weight is 489 g/mol. The van der Waals surface area contributed by atoms with E-state index in [1.807, 2.05) is 0 Å². The molecular weight excluding hydrogens is 475 g/mol. The van der Waals surface area contributed by atoms with Crippen LogP contribution in [0.5, 0.6) is 11.6 Å². The predicted octanol–water partition coefficient (Wildman–Crippen LogP) is 4.21. The number of halogens is 3. The molecule has 5 rings (SSSR count). The Hall–Kier alpha value is -3.73. The first-order chi connectivity index (χ1) is 16.0. The quantitative estimate of drug-likeness (QED) is 0.314. The van der Waals surface area contributed by atoms with Gasteiger partial charge in [0.25, 0.3) is 0 Å². The number of aromatic nitrogens is 1. The molecule has 3 aromatic rings. The van der Waals surface area contributed by atoms with Crippen molar-refractivity contribution in [3.05, 3.63) is 69.8 Å². The molecule has 0 atom stereocenters. The summed E-state index contributed by atoms with van der Waals surface area (Å²) < 4.78 is 72.5. The summed E-state index contributed by atoms with van der Waals surface area (Å²) in [6.07, 6.45) is 3.91. The highest BCUT2D eigenvalue weighted by Gasteiger charge is 2.49. The molecule has 0 saturated carbocycles. The number of benzene rings is 2. The van der Waals surface area contributed by atoms with Crippen molar-refractivity contribution >= 4 is 38.7 Å². The Balaban J connectivity index is 1.88. The van der Waals surface area contributed by atoms with E-state index in [-0.39, 0.29) is 45.5 Å². The van der Waals surface area contributed by atoms with Crippen molar-refractivity contribution in [2.45, 2.75) is 18.3 Å². The molecule has 0 unspecified atom stereocenters. The number of allylic oxidation sites excluding steroid dienone is 1. The number of methoxy groups -OCH3 is 1. The summed E-state index contributed by atoms with van der Waals surface area (Å²) in [7, 11) is -4.70. The fourth-order valence-electron chi connectivity index (χ4n) is 4.25. The van der Waals surface area contributed by atoms with E-state index in [1.54, 1.807) is 24.3 Å². The number of fused-ring (bicyclic) bond motifs is 6. The third-order valence-electron chi connectivity index (χ3n) is 5.76. The minimum absolute atomic E-state index is 0.0925.